The van der Waals surface area contributed by atoms with Gasteiger partial charge in [0.05, 0.1) is 0 Å². The monoisotopic (exact) mass is 251 g/mol. The number of hydrogen-bond donors (Lipinski definition) is 3. The Balaban J connectivity index is 2.16. The first kappa shape index (κ1) is 12.9. The summed E-state index contributed by atoms with van der Waals surface area (Å²) in [6.07, 6.45) is 3.38. The van der Waals surface area contributed by atoms with Crippen molar-refractivity contribution in [2.45, 2.75) is 30.8 Å². The molecule has 0 saturated carbocycles. The summed E-state index contributed by atoms with van der Waals surface area (Å²) in [5.74, 6) is 0. The number of nitrogens with one attached hydrogen (secondary N) is 1. The van der Waals surface area contributed by atoms with Crippen LogP contribution in [0.4, 0.5) is 0 Å². The van der Waals surface area contributed by atoms with Gasteiger partial charge in [0, 0.05) is 30.9 Å². The number of benzene rings is 1. The van der Waals surface area contributed by atoms with Gasteiger partial charge in [-0.05, 0) is 29.4 Å². The third kappa shape index (κ3) is 2.83. The first-order valence-electron chi connectivity index (χ1n) is 6.06. The van der Waals surface area contributed by atoms with Gasteiger partial charge < -0.3 is 16.8 Å². The molecule has 5 N–H and O–H groups in total. The summed E-state index contributed by atoms with van der Waals surface area (Å²) in [6.45, 7) is 2.24. The molecule has 1 aliphatic rings. The van der Waals surface area contributed by atoms with E-state index >= 15 is 0 Å². The second kappa shape index (κ2) is 5.87. The van der Waals surface area contributed by atoms with Crippen LogP contribution in [0.25, 0.3) is 0 Å². The molecular formula is C13H21N3S. The Labute approximate surface area is 107 Å². The van der Waals surface area contributed by atoms with Gasteiger partial charge in [0.15, 0.2) is 0 Å². The lowest BCUT2D eigenvalue weighted by Crippen LogP contribution is -2.15. The molecule has 3 nitrogen and oxygen atoms in total. The molecule has 94 valence electrons. The lowest BCUT2D eigenvalue weighted by atomic mass is 9.98. The van der Waals surface area contributed by atoms with Gasteiger partial charge in [0.25, 0.3) is 0 Å². The fourth-order valence-corrected chi connectivity index (χ4v) is 3.04. The third-order valence-electron chi connectivity index (χ3n) is 3.50. The molecule has 1 aliphatic heterocycles. The standard InChI is InChI=1S/C13H21N3S/c1-17-12-5-13(16-8-12)9-2-3-10(6-14)11(4-9)7-15/h2-4,12-13,16H,5-8,14-15H2,1H3. The second-order valence-electron chi connectivity index (χ2n) is 4.49. The molecule has 1 aromatic rings. The van der Waals surface area contributed by atoms with Crippen LogP contribution in [0.3, 0.4) is 0 Å². The fraction of sp³-hybridized carbons (Fsp3) is 0.538. The van der Waals surface area contributed by atoms with Gasteiger partial charge in [-0.25, -0.2) is 0 Å². The van der Waals surface area contributed by atoms with Crippen molar-refractivity contribution in [2.24, 2.45) is 11.5 Å². The normalized spacial score (nSPS) is 24.2. The van der Waals surface area contributed by atoms with Crippen molar-refractivity contribution in [3.05, 3.63) is 34.9 Å². The highest BCUT2D eigenvalue weighted by Crippen LogP contribution is 2.29. The van der Waals surface area contributed by atoms with Crippen molar-refractivity contribution in [1.82, 2.24) is 5.32 Å². The summed E-state index contributed by atoms with van der Waals surface area (Å²) in [7, 11) is 0. The SMILES string of the molecule is CSC1CNC(c2ccc(CN)c(CN)c2)C1. The van der Waals surface area contributed by atoms with Crippen LogP contribution in [-0.4, -0.2) is 18.1 Å². The van der Waals surface area contributed by atoms with Gasteiger partial charge >= 0.3 is 0 Å². The lowest BCUT2D eigenvalue weighted by Gasteiger charge is -2.14. The number of thioether (sulfide) groups is 1. The van der Waals surface area contributed by atoms with Gasteiger partial charge in [-0.1, -0.05) is 18.2 Å². The number of nitrogens with two attached hydrogens (primary N) is 2. The first-order chi connectivity index (χ1) is 8.28. The van der Waals surface area contributed by atoms with Gasteiger partial charge in [-0.15, -0.1) is 0 Å². The van der Waals surface area contributed by atoms with Crippen LogP contribution in [-0.2, 0) is 13.1 Å². The van der Waals surface area contributed by atoms with Crippen molar-refractivity contribution in [3.63, 3.8) is 0 Å². The summed E-state index contributed by atoms with van der Waals surface area (Å²) >= 11 is 1.94. The van der Waals surface area contributed by atoms with E-state index in [0.717, 1.165) is 17.4 Å². The molecule has 0 amide bonds. The molecule has 2 rings (SSSR count). The molecule has 17 heavy (non-hydrogen) atoms. The molecular weight excluding hydrogens is 230 g/mol. The van der Waals surface area contributed by atoms with Crippen LogP contribution in [0.1, 0.15) is 29.2 Å². The molecule has 0 aromatic heterocycles. The van der Waals surface area contributed by atoms with E-state index in [1.165, 1.54) is 17.5 Å². The molecule has 0 bridgehead atoms. The molecule has 1 aromatic carbocycles. The summed E-state index contributed by atoms with van der Waals surface area (Å²) < 4.78 is 0. The molecule has 2 atom stereocenters. The average molecular weight is 251 g/mol. The van der Waals surface area contributed by atoms with Crippen molar-refractivity contribution < 1.29 is 0 Å². The number of rotatable bonds is 4. The molecule has 0 spiro atoms. The minimum Gasteiger partial charge on any atom is -0.326 e. The maximum atomic E-state index is 5.77. The zero-order valence-electron chi connectivity index (χ0n) is 10.3. The van der Waals surface area contributed by atoms with E-state index in [2.05, 4.69) is 29.8 Å². The predicted molar refractivity (Wildman–Crippen MR) is 74.9 cm³/mol. The Kier molecular flexibility index (Phi) is 4.45. The van der Waals surface area contributed by atoms with Crippen molar-refractivity contribution in [1.29, 1.82) is 0 Å². The van der Waals surface area contributed by atoms with Gasteiger partial charge in [0.1, 0.15) is 0 Å². The molecule has 4 heteroatoms. The van der Waals surface area contributed by atoms with E-state index in [9.17, 15) is 0 Å². The predicted octanol–water partition coefficient (Wildman–Crippen LogP) is 1.37. The first-order valence-corrected chi connectivity index (χ1v) is 7.35. The van der Waals surface area contributed by atoms with Crippen molar-refractivity contribution >= 4 is 11.8 Å². The highest BCUT2D eigenvalue weighted by Gasteiger charge is 2.24. The Morgan fingerprint density at radius 3 is 2.65 bits per heavy atom. The topological polar surface area (TPSA) is 64.1 Å². The minimum absolute atomic E-state index is 0.476. The van der Waals surface area contributed by atoms with Crippen molar-refractivity contribution in [2.75, 3.05) is 12.8 Å². The molecule has 0 radical (unpaired) electrons. The van der Waals surface area contributed by atoms with E-state index in [0.29, 0.717) is 19.1 Å². The van der Waals surface area contributed by atoms with Crippen LogP contribution < -0.4 is 16.8 Å². The average Bonchev–Trinajstić information content (AvgIpc) is 2.86. The molecule has 0 aliphatic carbocycles. The summed E-state index contributed by atoms with van der Waals surface area (Å²) in [4.78, 5) is 0. The number of hydrogen-bond acceptors (Lipinski definition) is 4. The Bertz CT molecular complexity index is 381. The summed E-state index contributed by atoms with van der Waals surface area (Å²) in [5, 5.41) is 4.30. The molecule has 2 unspecified atom stereocenters. The Morgan fingerprint density at radius 2 is 2.06 bits per heavy atom. The molecule has 1 saturated heterocycles. The van der Waals surface area contributed by atoms with Gasteiger partial charge in [-0.3, -0.25) is 0 Å². The van der Waals surface area contributed by atoms with E-state index in [4.69, 9.17) is 11.5 Å². The second-order valence-corrected chi connectivity index (χ2v) is 5.63. The quantitative estimate of drug-likeness (QED) is 0.756. The Morgan fingerprint density at radius 1 is 1.29 bits per heavy atom. The lowest BCUT2D eigenvalue weighted by molar-refractivity contribution is 0.646. The van der Waals surface area contributed by atoms with Crippen LogP contribution in [0.2, 0.25) is 0 Å². The largest absolute Gasteiger partial charge is 0.326 e. The Hall–Kier alpha value is -0.550. The van der Waals surface area contributed by atoms with Gasteiger partial charge in [0.2, 0.25) is 0 Å². The van der Waals surface area contributed by atoms with E-state index in [1.54, 1.807) is 0 Å². The minimum atomic E-state index is 0.476. The smallest absolute Gasteiger partial charge is 0.0331 e. The summed E-state index contributed by atoms with van der Waals surface area (Å²) in [5.41, 5.74) is 15.2. The maximum Gasteiger partial charge on any atom is 0.0331 e. The highest BCUT2D eigenvalue weighted by atomic mass is 32.2. The fourth-order valence-electron chi connectivity index (χ4n) is 2.39. The van der Waals surface area contributed by atoms with Crippen LogP contribution >= 0.6 is 11.8 Å². The van der Waals surface area contributed by atoms with Crippen LogP contribution in [0.15, 0.2) is 18.2 Å². The molecule has 1 fully saturated rings. The van der Waals surface area contributed by atoms with E-state index < -0.39 is 0 Å². The zero-order chi connectivity index (χ0) is 12.3. The highest BCUT2D eigenvalue weighted by molar-refractivity contribution is 7.99. The maximum absolute atomic E-state index is 5.77. The third-order valence-corrected chi connectivity index (χ3v) is 4.52. The van der Waals surface area contributed by atoms with Crippen molar-refractivity contribution in [3.8, 4) is 0 Å². The van der Waals surface area contributed by atoms with Gasteiger partial charge in [-0.2, -0.15) is 11.8 Å². The van der Waals surface area contributed by atoms with Crippen LogP contribution in [0, 0.1) is 0 Å². The summed E-state index contributed by atoms with van der Waals surface area (Å²) in [6, 6.07) is 6.99. The van der Waals surface area contributed by atoms with E-state index in [-0.39, 0.29) is 0 Å². The van der Waals surface area contributed by atoms with Crippen LogP contribution in [0.5, 0.6) is 0 Å². The molecule has 1 heterocycles. The van der Waals surface area contributed by atoms with E-state index in [1.807, 2.05) is 11.8 Å². The zero-order valence-corrected chi connectivity index (χ0v) is 11.1.